The van der Waals surface area contributed by atoms with E-state index in [9.17, 15) is 4.79 Å². The fourth-order valence-electron chi connectivity index (χ4n) is 2.49. The quantitative estimate of drug-likeness (QED) is 0.613. The molecule has 1 aliphatic carbocycles. The third kappa shape index (κ3) is 0.891. The zero-order chi connectivity index (χ0) is 8.77. The van der Waals surface area contributed by atoms with E-state index in [4.69, 9.17) is 4.74 Å². The minimum atomic E-state index is -0.0127. The van der Waals surface area contributed by atoms with E-state index in [2.05, 4.69) is 12.2 Å². The van der Waals surface area contributed by atoms with Crippen LogP contribution >= 0.6 is 0 Å². The Balaban J connectivity index is 2.02. The van der Waals surface area contributed by atoms with E-state index in [1.807, 2.05) is 6.92 Å². The first-order valence-electron chi connectivity index (χ1n) is 4.57. The molecule has 2 saturated heterocycles. The van der Waals surface area contributed by atoms with Crippen molar-refractivity contribution in [1.82, 2.24) is 5.32 Å². The minimum Gasteiger partial charge on any atom is -0.466 e. The second kappa shape index (κ2) is 2.46. The lowest BCUT2D eigenvalue weighted by atomic mass is 9.62. The van der Waals surface area contributed by atoms with Crippen LogP contribution in [0.2, 0.25) is 0 Å². The van der Waals surface area contributed by atoms with Crippen LogP contribution in [-0.2, 0) is 9.53 Å². The van der Waals surface area contributed by atoms with Crippen molar-refractivity contribution in [2.24, 2.45) is 11.3 Å². The van der Waals surface area contributed by atoms with Crippen LogP contribution in [0.15, 0.2) is 0 Å². The van der Waals surface area contributed by atoms with Gasteiger partial charge in [0.05, 0.1) is 12.5 Å². The number of fused-ring (bicyclic) bond motifs is 1. The first-order valence-corrected chi connectivity index (χ1v) is 4.57. The molecule has 2 heterocycles. The van der Waals surface area contributed by atoms with Crippen molar-refractivity contribution in [1.29, 1.82) is 0 Å². The summed E-state index contributed by atoms with van der Waals surface area (Å²) < 4.78 is 5.01. The Morgan fingerprint density at radius 1 is 1.75 bits per heavy atom. The maximum atomic E-state index is 11.4. The third-order valence-corrected chi connectivity index (χ3v) is 3.15. The highest BCUT2D eigenvalue weighted by Crippen LogP contribution is 2.51. The van der Waals surface area contributed by atoms with Crippen molar-refractivity contribution in [3.05, 3.63) is 0 Å². The fourth-order valence-corrected chi connectivity index (χ4v) is 2.49. The number of hydrogen-bond donors (Lipinski definition) is 1. The lowest BCUT2D eigenvalue weighted by Crippen LogP contribution is -2.49. The molecule has 0 amide bonds. The van der Waals surface area contributed by atoms with Gasteiger partial charge in [-0.1, -0.05) is 6.92 Å². The van der Waals surface area contributed by atoms with Crippen LogP contribution in [0.3, 0.4) is 0 Å². The molecule has 1 saturated carbocycles. The van der Waals surface area contributed by atoms with Crippen molar-refractivity contribution in [3.8, 4) is 0 Å². The molecule has 3 rings (SSSR count). The Morgan fingerprint density at radius 2 is 2.50 bits per heavy atom. The summed E-state index contributed by atoms with van der Waals surface area (Å²) in [6.45, 7) is 5.48. The SMILES string of the molecule is CCOC(=O)[C@@H]1[C@H]2C[C@]1(C)CN2. The van der Waals surface area contributed by atoms with Gasteiger partial charge in [0.1, 0.15) is 0 Å². The van der Waals surface area contributed by atoms with Gasteiger partial charge in [-0.3, -0.25) is 4.79 Å². The second-order valence-corrected chi connectivity index (χ2v) is 4.08. The van der Waals surface area contributed by atoms with Gasteiger partial charge in [-0.2, -0.15) is 0 Å². The van der Waals surface area contributed by atoms with Crippen LogP contribution in [0.1, 0.15) is 20.3 Å². The lowest BCUT2D eigenvalue weighted by Gasteiger charge is -2.41. The van der Waals surface area contributed by atoms with E-state index < -0.39 is 0 Å². The molecule has 2 aliphatic heterocycles. The van der Waals surface area contributed by atoms with E-state index in [1.165, 1.54) is 0 Å². The summed E-state index contributed by atoms with van der Waals surface area (Å²) in [5.74, 6) is 0.110. The summed E-state index contributed by atoms with van der Waals surface area (Å²) in [7, 11) is 0. The Hall–Kier alpha value is -0.570. The molecule has 0 aromatic rings. The van der Waals surface area contributed by atoms with E-state index in [0.29, 0.717) is 12.6 Å². The van der Waals surface area contributed by atoms with Crippen LogP contribution < -0.4 is 5.32 Å². The summed E-state index contributed by atoms with van der Waals surface area (Å²) in [5.41, 5.74) is 0.191. The molecule has 3 nitrogen and oxygen atoms in total. The van der Waals surface area contributed by atoms with Gasteiger partial charge in [-0.05, 0) is 18.8 Å². The predicted octanol–water partition coefficient (Wildman–Crippen LogP) is 0.547. The Labute approximate surface area is 72.5 Å². The van der Waals surface area contributed by atoms with Crippen molar-refractivity contribution in [2.45, 2.75) is 26.3 Å². The molecule has 3 atom stereocenters. The van der Waals surface area contributed by atoms with Crippen LogP contribution in [0.25, 0.3) is 0 Å². The average Bonchev–Trinajstić information content (AvgIpc) is 2.45. The van der Waals surface area contributed by atoms with Gasteiger partial charge in [0, 0.05) is 12.6 Å². The molecule has 3 fully saturated rings. The number of nitrogens with one attached hydrogen (secondary N) is 1. The normalized spacial score (nSPS) is 43.8. The molecule has 0 aromatic heterocycles. The molecule has 2 bridgehead atoms. The van der Waals surface area contributed by atoms with Crippen molar-refractivity contribution in [3.63, 3.8) is 0 Å². The molecule has 0 unspecified atom stereocenters. The number of ether oxygens (including phenoxy) is 1. The number of carbonyl (C=O) groups excluding carboxylic acids is 1. The van der Waals surface area contributed by atoms with Gasteiger partial charge >= 0.3 is 5.97 Å². The van der Waals surface area contributed by atoms with Crippen LogP contribution in [0.4, 0.5) is 0 Å². The predicted molar refractivity (Wildman–Crippen MR) is 44.6 cm³/mol. The molecule has 0 radical (unpaired) electrons. The smallest absolute Gasteiger partial charge is 0.311 e. The maximum absolute atomic E-state index is 11.4. The molecular weight excluding hydrogens is 154 g/mol. The van der Waals surface area contributed by atoms with E-state index in [0.717, 1.165) is 13.0 Å². The number of rotatable bonds is 2. The van der Waals surface area contributed by atoms with Crippen molar-refractivity contribution >= 4 is 5.97 Å². The molecular formula is C9H15NO2. The largest absolute Gasteiger partial charge is 0.466 e. The van der Waals surface area contributed by atoms with Crippen LogP contribution in [0.5, 0.6) is 0 Å². The minimum absolute atomic E-state index is 0.0127. The molecule has 12 heavy (non-hydrogen) atoms. The number of esters is 1. The van der Waals surface area contributed by atoms with Gasteiger partial charge in [0.2, 0.25) is 0 Å². The summed E-state index contributed by atoms with van der Waals surface area (Å²) in [5, 5.41) is 3.32. The van der Waals surface area contributed by atoms with Crippen LogP contribution in [-0.4, -0.2) is 25.2 Å². The molecule has 3 heteroatoms. The highest BCUT2D eigenvalue weighted by molar-refractivity contribution is 5.76. The van der Waals surface area contributed by atoms with Gasteiger partial charge < -0.3 is 10.1 Å². The topological polar surface area (TPSA) is 38.3 Å². The molecule has 0 aromatic carbocycles. The number of carbonyl (C=O) groups is 1. The van der Waals surface area contributed by atoms with Gasteiger partial charge in [-0.25, -0.2) is 0 Å². The zero-order valence-corrected chi connectivity index (χ0v) is 7.59. The molecule has 1 N–H and O–H groups in total. The van der Waals surface area contributed by atoms with Crippen molar-refractivity contribution in [2.75, 3.05) is 13.2 Å². The molecule has 68 valence electrons. The lowest BCUT2D eigenvalue weighted by molar-refractivity contribution is -0.157. The fraction of sp³-hybridized carbons (Fsp3) is 0.889. The highest BCUT2D eigenvalue weighted by atomic mass is 16.5. The summed E-state index contributed by atoms with van der Waals surface area (Å²) in [4.78, 5) is 11.4. The van der Waals surface area contributed by atoms with E-state index >= 15 is 0 Å². The van der Waals surface area contributed by atoms with E-state index in [-0.39, 0.29) is 17.3 Å². The Kier molecular flexibility index (Phi) is 1.65. The highest BCUT2D eigenvalue weighted by Gasteiger charge is 2.60. The zero-order valence-electron chi connectivity index (χ0n) is 7.59. The van der Waals surface area contributed by atoms with Crippen LogP contribution in [0, 0.1) is 11.3 Å². The van der Waals surface area contributed by atoms with Gasteiger partial charge in [0.25, 0.3) is 0 Å². The van der Waals surface area contributed by atoms with E-state index in [1.54, 1.807) is 0 Å². The molecule has 0 spiro atoms. The summed E-state index contributed by atoms with van der Waals surface area (Å²) in [6, 6.07) is 0.397. The number of hydrogen-bond acceptors (Lipinski definition) is 3. The monoisotopic (exact) mass is 169 g/mol. The standard InChI is InChI=1S/C9H15NO2/c1-3-12-8(11)7-6-4-9(7,2)5-10-6/h6-7,10H,3-5H2,1-2H3/t6-,7+,9-/m1/s1. The third-order valence-electron chi connectivity index (χ3n) is 3.15. The average molecular weight is 169 g/mol. The Morgan fingerprint density at radius 3 is 2.92 bits per heavy atom. The molecule has 3 aliphatic rings. The van der Waals surface area contributed by atoms with Crippen molar-refractivity contribution < 1.29 is 9.53 Å². The second-order valence-electron chi connectivity index (χ2n) is 4.08. The first-order chi connectivity index (χ1) is 5.67. The maximum Gasteiger partial charge on any atom is 0.311 e. The van der Waals surface area contributed by atoms with Gasteiger partial charge in [-0.15, -0.1) is 0 Å². The summed E-state index contributed by atoms with van der Waals surface area (Å²) >= 11 is 0. The van der Waals surface area contributed by atoms with Gasteiger partial charge in [0.15, 0.2) is 0 Å². The first kappa shape index (κ1) is 8.05. The summed E-state index contributed by atoms with van der Waals surface area (Å²) in [6.07, 6.45) is 1.14. The Bertz CT molecular complexity index is 213.